The summed E-state index contributed by atoms with van der Waals surface area (Å²) in [4.78, 5) is 3.87. The smallest absolute Gasteiger partial charge is 0.265 e. The molecule has 0 spiro atoms. The van der Waals surface area contributed by atoms with Gasteiger partial charge in [0.05, 0.1) is 0 Å². The molecular formula is C16H18F2N2. The van der Waals surface area contributed by atoms with E-state index in [-0.39, 0.29) is 11.6 Å². The van der Waals surface area contributed by atoms with Crippen molar-refractivity contribution in [3.05, 3.63) is 53.9 Å². The van der Waals surface area contributed by atoms with E-state index in [9.17, 15) is 8.78 Å². The Morgan fingerprint density at radius 3 is 2.40 bits per heavy atom. The molecule has 2 N–H and O–H groups in total. The summed E-state index contributed by atoms with van der Waals surface area (Å²) in [6.45, 7) is 1.98. The second kappa shape index (κ2) is 6.57. The molecule has 1 atom stereocenters. The Morgan fingerprint density at radius 1 is 1.10 bits per heavy atom. The van der Waals surface area contributed by atoms with Crippen molar-refractivity contribution in [2.75, 3.05) is 0 Å². The normalized spacial score (nSPS) is 12.7. The fourth-order valence-corrected chi connectivity index (χ4v) is 1.99. The third kappa shape index (κ3) is 3.84. The zero-order valence-electron chi connectivity index (χ0n) is 11.4. The van der Waals surface area contributed by atoms with Gasteiger partial charge in [0.2, 0.25) is 0 Å². The number of hydrogen-bond acceptors (Lipinski definition) is 2. The van der Waals surface area contributed by atoms with Gasteiger partial charge in [-0.05, 0) is 37.0 Å². The zero-order valence-corrected chi connectivity index (χ0v) is 11.4. The molecule has 0 aliphatic heterocycles. The van der Waals surface area contributed by atoms with Gasteiger partial charge in [0.1, 0.15) is 0 Å². The van der Waals surface area contributed by atoms with Crippen molar-refractivity contribution in [1.82, 2.24) is 4.98 Å². The first-order chi connectivity index (χ1) is 9.56. The Balaban J connectivity index is 2.15. The largest absolute Gasteiger partial charge is 0.328 e. The minimum absolute atomic E-state index is 0.0523. The topological polar surface area (TPSA) is 38.9 Å². The fourth-order valence-electron chi connectivity index (χ4n) is 1.99. The summed E-state index contributed by atoms with van der Waals surface area (Å²) in [6, 6.07) is 9.54. The third-order valence-corrected chi connectivity index (χ3v) is 3.19. The van der Waals surface area contributed by atoms with Crippen molar-refractivity contribution < 1.29 is 8.78 Å². The van der Waals surface area contributed by atoms with Crippen LogP contribution in [0.15, 0.2) is 42.7 Å². The highest BCUT2D eigenvalue weighted by Gasteiger charge is 2.08. The maximum Gasteiger partial charge on any atom is 0.265 e. The lowest BCUT2D eigenvalue weighted by Gasteiger charge is -2.07. The first-order valence-corrected chi connectivity index (χ1v) is 6.64. The van der Waals surface area contributed by atoms with E-state index in [4.69, 9.17) is 5.73 Å². The van der Waals surface area contributed by atoms with Crippen LogP contribution in [0.3, 0.4) is 0 Å². The van der Waals surface area contributed by atoms with E-state index >= 15 is 0 Å². The Kier molecular flexibility index (Phi) is 4.79. The SMILES string of the molecule is CC(N)CCc1ccc(-c2cncc(C(F)F)c2)cc1. The van der Waals surface area contributed by atoms with Gasteiger partial charge in [-0.25, -0.2) is 8.78 Å². The molecular weight excluding hydrogens is 258 g/mol. The van der Waals surface area contributed by atoms with Crippen molar-refractivity contribution in [1.29, 1.82) is 0 Å². The van der Waals surface area contributed by atoms with Crippen LogP contribution < -0.4 is 5.73 Å². The average molecular weight is 276 g/mol. The number of benzene rings is 1. The number of aryl methyl sites for hydroxylation is 1. The number of alkyl halides is 2. The van der Waals surface area contributed by atoms with E-state index in [0.29, 0.717) is 5.56 Å². The molecule has 0 saturated carbocycles. The monoisotopic (exact) mass is 276 g/mol. The first kappa shape index (κ1) is 14.6. The second-order valence-corrected chi connectivity index (χ2v) is 5.02. The fraction of sp³-hybridized carbons (Fsp3) is 0.312. The zero-order chi connectivity index (χ0) is 14.5. The summed E-state index contributed by atoms with van der Waals surface area (Å²) in [7, 11) is 0. The number of nitrogens with two attached hydrogens (primary N) is 1. The number of nitrogens with zero attached hydrogens (tertiary/aromatic N) is 1. The van der Waals surface area contributed by atoms with Crippen LogP contribution >= 0.6 is 0 Å². The van der Waals surface area contributed by atoms with Crippen LogP contribution in [-0.2, 0) is 6.42 Å². The van der Waals surface area contributed by atoms with E-state index < -0.39 is 6.43 Å². The lowest BCUT2D eigenvalue weighted by molar-refractivity contribution is 0.151. The lowest BCUT2D eigenvalue weighted by Crippen LogP contribution is -2.15. The summed E-state index contributed by atoms with van der Waals surface area (Å²) < 4.78 is 25.3. The van der Waals surface area contributed by atoms with E-state index in [1.807, 2.05) is 31.2 Å². The van der Waals surface area contributed by atoms with Gasteiger partial charge >= 0.3 is 0 Å². The maximum absolute atomic E-state index is 12.7. The molecule has 0 aliphatic carbocycles. The Morgan fingerprint density at radius 2 is 1.80 bits per heavy atom. The molecule has 1 heterocycles. The minimum Gasteiger partial charge on any atom is -0.328 e. The van der Waals surface area contributed by atoms with Gasteiger partial charge in [-0.15, -0.1) is 0 Å². The number of aromatic nitrogens is 1. The van der Waals surface area contributed by atoms with Gasteiger partial charge in [-0.3, -0.25) is 4.98 Å². The van der Waals surface area contributed by atoms with Crippen molar-refractivity contribution in [2.24, 2.45) is 5.73 Å². The summed E-state index contributed by atoms with van der Waals surface area (Å²) >= 11 is 0. The van der Waals surface area contributed by atoms with Crippen LogP contribution in [0.1, 0.15) is 30.9 Å². The van der Waals surface area contributed by atoms with Crippen molar-refractivity contribution >= 4 is 0 Å². The van der Waals surface area contributed by atoms with Crippen LogP contribution in [0.25, 0.3) is 11.1 Å². The van der Waals surface area contributed by atoms with E-state index in [2.05, 4.69) is 4.98 Å². The first-order valence-electron chi connectivity index (χ1n) is 6.64. The predicted molar refractivity (Wildman–Crippen MR) is 76.6 cm³/mol. The molecule has 20 heavy (non-hydrogen) atoms. The molecule has 0 saturated heterocycles. The van der Waals surface area contributed by atoms with Crippen LogP contribution in [0.2, 0.25) is 0 Å². The van der Waals surface area contributed by atoms with Crippen molar-refractivity contribution in [3.8, 4) is 11.1 Å². The lowest BCUT2D eigenvalue weighted by atomic mass is 10.0. The van der Waals surface area contributed by atoms with Crippen molar-refractivity contribution in [3.63, 3.8) is 0 Å². The molecule has 0 bridgehead atoms. The highest BCUT2D eigenvalue weighted by atomic mass is 19.3. The standard InChI is InChI=1S/C16H18F2N2/c1-11(19)2-3-12-4-6-13(7-5-12)14-8-15(16(17)18)10-20-9-14/h4-11,16H,2-3,19H2,1H3. The third-order valence-electron chi connectivity index (χ3n) is 3.19. The van der Waals surface area contributed by atoms with Gasteiger partial charge in [0, 0.05) is 29.6 Å². The molecule has 4 heteroatoms. The van der Waals surface area contributed by atoms with Crippen LogP contribution in [0.5, 0.6) is 0 Å². The van der Waals surface area contributed by atoms with E-state index in [1.54, 1.807) is 6.20 Å². The predicted octanol–water partition coefficient (Wildman–Crippen LogP) is 3.97. The molecule has 2 aromatic rings. The van der Waals surface area contributed by atoms with Crippen LogP contribution in [-0.4, -0.2) is 11.0 Å². The molecule has 1 aromatic heterocycles. The molecule has 0 radical (unpaired) electrons. The molecule has 0 aliphatic rings. The molecule has 106 valence electrons. The summed E-state index contributed by atoms with van der Waals surface area (Å²) in [5.74, 6) is 0. The van der Waals surface area contributed by atoms with Crippen molar-refractivity contribution in [2.45, 2.75) is 32.2 Å². The molecule has 0 amide bonds. The molecule has 1 aromatic carbocycles. The van der Waals surface area contributed by atoms with Gasteiger partial charge in [-0.1, -0.05) is 24.3 Å². The number of halogens is 2. The highest BCUT2D eigenvalue weighted by molar-refractivity contribution is 5.63. The van der Waals surface area contributed by atoms with Crippen LogP contribution in [0.4, 0.5) is 8.78 Å². The van der Waals surface area contributed by atoms with Gasteiger partial charge < -0.3 is 5.73 Å². The van der Waals surface area contributed by atoms with Gasteiger partial charge in [0.25, 0.3) is 6.43 Å². The Bertz CT molecular complexity index is 551. The minimum atomic E-state index is -2.49. The quantitative estimate of drug-likeness (QED) is 0.897. The number of rotatable bonds is 5. The maximum atomic E-state index is 12.7. The number of hydrogen-bond donors (Lipinski definition) is 1. The summed E-state index contributed by atoms with van der Waals surface area (Å²) in [6.07, 6.45) is 2.16. The Labute approximate surface area is 117 Å². The van der Waals surface area contributed by atoms with E-state index in [1.165, 1.54) is 17.8 Å². The average Bonchev–Trinajstić information content (AvgIpc) is 2.46. The summed E-state index contributed by atoms with van der Waals surface area (Å²) in [5.41, 5.74) is 8.48. The second-order valence-electron chi connectivity index (χ2n) is 5.02. The molecule has 1 unspecified atom stereocenters. The van der Waals surface area contributed by atoms with Crippen LogP contribution in [0, 0.1) is 0 Å². The molecule has 2 nitrogen and oxygen atoms in total. The number of pyridine rings is 1. The Hall–Kier alpha value is -1.81. The molecule has 2 rings (SSSR count). The van der Waals surface area contributed by atoms with Gasteiger partial charge in [-0.2, -0.15) is 0 Å². The van der Waals surface area contributed by atoms with E-state index in [0.717, 1.165) is 18.4 Å². The van der Waals surface area contributed by atoms with Gasteiger partial charge in [0.15, 0.2) is 0 Å². The summed E-state index contributed by atoms with van der Waals surface area (Å²) in [5, 5.41) is 0. The highest BCUT2D eigenvalue weighted by Crippen LogP contribution is 2.25. The molecule has 0 fully saturated rings.